The van der Waals surface area contributed by atoms with Gasteiger partial charge in [-0.05, 0) is 127 Å². The molecule has 2 fully saturated rings. The maximum atomic E-state index is 13.7. The van der Waals surface area contributed by atoms with Gasteiger partial charge in [-0.15, -0.1) is 0 Å². The molecule has 0 aromatic rings. The normalized spacial score (nSPS) is 21.4. The molecule has 0 aromatic carbocycles. The fraction of sp³-hybridized carbons (Fsp3) is 0.931. The van der Waals surface area contributed by atoms with Crippen LogP contribution in [0.3, 0.4) is 0 Å². The molecule has 1 atom stereocenters. The molecule has 0 aliphatic carbocycles. The van der Waals surface area contributed by atoms with Crippen molar-refractivity contribution in [3.05, 3.63) is 0 Å². The number of esters is 2. The summed E-state index contributed by atoms with van der Waals surface area (Å²) in [6.07, 6.45) is 6.81. The van der Waals surface area contributed by atoms with E-state index in [1.165, 1.54) is 12.8 Å². The highest BCUT2D eigenvalue weighted by molar-refractivity contribution is 6.45. The molecule has 1 N–H and O–H groups in total. The zero-order valence-electron chi connectivity index (χ0n) is 26.0. The van der Waals surface area contributed by atoms with Gasteiger partial charge in [0, 0.05) is 0 Å². The van der Waals surface area contributed by atoms with Gasteiger partial charge < -0.3 is 23.7 Å². The zero-order valence-corrected chi connectivity index (χ0v) is 26.0. The van der Waals surface area contributed by atoms with E-state index in [4.69, 9.17) is 18.8 Å². The molecule has 0 aromatic heterocycles. The van der Waals surface area contributed by atoms with E-state index >= 15 is 0 Å². The first kappa shape index (κ1) is 33.1. The van der Waals surface area contributed by atoms with Crippen LogP contribution in [0.5, 0.6) is 0 Å². The SMILES string of the molecule is CC(C)(C)OC(=O)CNC(CCCCB1OC(C)(C)C(C)(C)O1)(CCCN1CCCC1)C(=O)OC(C)(C)C. The fourth-order valence-corrected chi connectivity index (χ4v) is 5.00. The molecule has 2 aliphatic rings. The Hall–Kier alpha value is -1.16. The van der Waals surface area contributed by atoms with Crippen LogP contribution in [0.2, 0.25) is 6.32 Å². The molecular formula is C29H55BN2O6. The highest BCUT2D eigenvalue weighted by atomic mass is 16.7. The Labute approximate surface area is 232 Å². The third kappa shape index (κ3) is 10.4. The number of carbonyl (C=O) groups is 2. The second-order valence-corrected chi connectivity index (χ2v) is 14.1. The van der Waals surface area contributed by atoms with Crippen LogP contribution in [0.1, 0.15) is 114 Å². The second-order valence-electron chi connectivity index (χ2n) is 14.1. The van der Waals surface area contributed by atoms with Crippen LogP contribution < -0.4 is 5.32 Å². The smallest absolute Gasteiger partial charge is 0.457 e. The monoisotopic (exact) mass is 538 g/mol. The van der Waals surface area contributed by atoms with E-state index in [1.807, 2.05) is 41.5 Å². The summed E-state index contributed by atoms with van der Waals surface area (Å²) in [4.78, 5) is 28.8. The predicted octanol–water partition coefficient (Wildman–Crippen LogP) is 5.14. The molecule has 2 saturated heterocycles. The summed E-state index contributed by atoms with van der Waals surface area (Å²) < 4.78 is 23.8. The van der Waals surface area contributed by atoms with Gasteiger partial charge in [0.15, 0.2) is 0 Å². The van der Waals surface area contributed by atoms with E-state index in [-0.39, 0.29) is 36.8 Å². The second kappa shape index (κ2) is 13.0. The van der Waals surface area contributed by atoms with Crippen LogP contribution in [-0.4, -0.2) is 78.1 Å². The molecule has 0 bridgehead atoms. The van der Waals surface area contributed by atoms with Gasteiger partial charge in [0.1, 0.15) is 16.7 Å². The Morgan fingerprint density at radius 3 is 1.89 bits per heavy atom. The third-order valence-electron chi connectivity index (χ3n) is 7.65. The van der Waals surface area contributed by atoms with Gasteiger partial charge in [-0.25, -0.2) is 0 Å². The van der Waals surface area contributed by atoms with Gasteiger partial charge in [-0.2, -0.15) is 0 Å². The summed E-state index contributed by atoms with van der Waals surface area (Å²) in [7, 11) is -0.263. The molecule has 0 saturated carbocycles. The summed E-state index contributed by atoms with van der Waals surface area (Å²) in [5.74, 6) is -0.673. The Bertz CT molecular complexity index is 767. The molecule has 220 valence electrons. The number of ether oxygens (including phenoxy) is 2. The number of hydrogen-bond donors (Lipinski definition) is 1. The molecule has 0 amide bonds. The van der Waals surface area contributed by atoms with Crippen LogP contribution in [0.4, 0.5) is 0 Å². The largest absolute Gasteiger partial charge is 0.459 e. The third-order valence-corrected chi connectivity index (χ3v) is 7.65. The molecule has 2 rings (SSSR count). The lowest BCUT2D eigenvalue weighted by molar-refractivity contribution is -0.165. The summed E-state index contributed by atoms with van der Waals surface area (Å²) in [5, 5.41) is 3.33. The van der Waals surface area contributed by atoms with Gasteiger partial charge in [0.05, 0.1) is 17.7 Å². The minimum atomic E-state index is -0.972. The van der Waals surface area contributed by atoms with Crippen molar-refractivity contribution in [3.8, 4) is 0 Å². The van der Waals surface area contributed by atoms with Crippen molar-refractivity contribution in [2.75, 3.05) is 26.2 Å². The lowest BCUT2D eigenvalue weighted by Gasteiger charge is -2.36. The van der Waals surface area contributed by atoms with Gasteiger partial charge in [0.25, 0.3) is 0 Å². The predicted molar refractivity (Wildman–Crippen MR) is 152 cm³/mol. The highest BCUT2D eigenvalue weighted by Gasteiger charge is 2.50. The van der Waals surface area contributed by atoms with Crippen molar-refractivity contribution < 1.29 is 28.4 Å². The Kier molecular flexibility index (Phi) is 11.3. The number of carbonyl (C=O) groups excluding carboxylic acids is 2. The number of hydrogen-bond acceptors (Lipinski definition) is 8. The van der Waals surface area contributed by atoms with Crippen molar-refractivity contribution in [1.82, 2.24) is 10.2 Å². The highest BCUT2D eigenvalue weighted by Crippen LogP contribution is 2.38. The van der Waals surface area contributed by atoms with Crippen molar-refractivity contribution in [1.29, 1.82) is 0 Å². The van der Waals surface area contributed by atoms with Crippen LogP contribution in [0.25, 0.3) is 0 Å². The molecule has 38 heavy (non-hydrogen) atoms. The molecule has 9 heteroatoms. The Balaban J connectivity index is 2.12. The summed E-state index contributed by atoms with van der Waals surface area (Å²) >= 11 is 0. The van der Waals surface area contributed by atoms with E-state index in [9.17, 15) is 9.59 Å². The number of nitrogens with one attached hydrogen (secondary N) is 1. The molecule has 2 heterocycles. The maximum absolute atomic E-state index is 13.7. The van der Waals surface area contributed by atoms with Crippen LogP contribution in [0, 0.1) is 0 Å². The Morgan fingerprint density at radius 1 is 0.842 bits per heavy atom. The first-order valence-corrected chi connectivity index (χ1v) is 14.6. The van der Waals surface area contributed by atoms with Crippen LogP contribution in [0.15, 0.2) is 0 Å². The number of nitrogens with zero attached hydrogens (tertiary/aromatic N) is 1. The van der Waals surface area contributed by atoms with Crippen molar-refractivity contribution in [2.24, 2.45) is 0 Å². The number of rotatable bonds is 13. The lowest BCUT2D eigenvalue weighted by Crippen LogP contribution is -2.56. The molecule has 0 spiro atoms. The van der Waals surface area contributed by atoms with Gasteiger partial charge >= 0.3 is 19.1 Å². The van der Waals surface area contributed by atoms with E-state index in [2.05, 4.69) is 37.9 Å². The van der Waals surface area contributed by atoms with E-state index < -0.39 is 16.7 Å². The molecule has 0 radical (unpaired) electrons. The molecular weight excluding hydrogens is 483 g/mol. The minimum absolute atomic E-state index is 0.0442. The Morgan fingerprint density at radius 2 is 1.37 bits per heavy atom. The fourth-order valence-electron chi connectivity index (χ4n) is 5.00. The van der Waals surface area contributed by atoms with E-state index in [0.717, 1.165) is 45.2 Å². The summed E-state index contributed by atoms with van der Waals surface area (Å²) in [6, 6.07) is 0. The van der Waals surface area contributed by atoms with Gasteiger partial charge in [-0.3, -0.25) is 14.9 Å². The zero-order chi connectivity index (χ0) is 28.8. The topological polar surface area (TPSA) is 86.3 Å². The summed E-state index contributed by atoms with van der Waals surface area (Å²) in [6.45, 7) is 22.5. The summed E-state index contributed by atoms with van der Waals surface area (Å²) in [5.41, 5.74) is -2.91. The van der Waals surface area contributed by atoms with Gasteiger partial charge in [-0.1, -0.05) is 12.8 Å². The first-order chi connectivity index (χ1) is 17.3. The molecule has 8 nitrogen and oxygen atoms in total. The molecule has 2 aliphatic heterocycles. The first-order valence-electron chi connectivity index (χ1n) is 14.6. The van der Waals surface area contributed by atoms with Crippen LogP contribution in [-0.2, 0) is 28.4 Å². The van der Waals surface area contributed by atoms with Crippen molar-refractivity contribution in [2.45, 2.75) is 148 Å². The average molecular weight is 539 g/mol. The maximum Gasteiger partial charge on any atom is 0.457 e. The van der Waals surface area contributed by atoms with Gasteiger partial charge in [0.2, 0.25) is 0 Å². The number of likely N-dealkylation sites (tertiary alicyclic amines) is 1. The quantitative estimate of drug-likeness (QED) is 0.196. The van der Waals surface area contributed by atoms with Crippen molar-refractivity contribution >= 4 is 19.1 Å². The van der Waals surface area contributed by atoms with Crippen LogP contribution >= 0.6 is 0 Å². The molecule has 1 unspecified atom stereocenters. The lowest BCUT2D eigenvalue weighted by atomic mass is 9.80. The van der Waals surface area contributed by atoms with E-state index in [0.29, 0.717) is 12.8 Å². The average Bonchev–Trinajstić information content (AvgIpc) is 3.31. The number of unbranched alkanes of at least 4 members (excludes halogenated alkanes) is 1. The van der Waals surface area contributed by atoms with E-state index in [1.54, 1.807) is 0 Å². The minimum Gasteiger partial charge on any atom is -0.459 e. The standard InChI is InChI=1S/C29H55BN2O6/c1-25(2,3)35-23(33)22-31-29(24(34)36-26(4,5)6,17-15-21-32-19-13-14-20-32)16-11-12-18-30-37-27(7,8)28(9,10)38-30/h31H,11-22H2,1-10H3. The van der Waals surface area contributed by atoms with Crippen molar-refractivity contribution in [3.63, 3.8) is 0 Å².